The lowest BCUT2D eigenvalue weighted by molar-refractivity contribution is -0.131. The molecule has 1 unspecified atom stereocenters. The van der Waals surface area contributed by atoms with Gasteiger partial charge in [-0.05, 0) is 38.3 Å². The molecule has 2 fully saturated rings. The molecule has 0 bridgehead atoms. The van der Waals surface area contributed by atoms with Gasteiger partial charge in [0.1, 0.15) is 0 Å². The van der Waals surface area contributed by atoms with Gasteiger partial charge in [0, 0.05) is 19.5 Å². The molecule has 2 aliphatic heterocycles. The molecule has 2 N–H and O–H groups in total. The van der Waals surface area contributed by atoms with E-state index in [2.05, 4.69) is 15.4 Å². The highest BCUT2D eigenvalue weighted by Gasteiger charge is 2.29. The summed E-state index contributed by atoms with van der Waals surface area (Å²) in [5.41, 5.74) is 0. The van der Waals surface area contributed by atoms with Gasteiger partial charge in [-0.25, -0.2) is 4.79 Å². The largest absolute Gasteiger partial charge is 0.453 e. The van der Waals surface area contributed by atoms with Crippen LogP contribution in [0.1, 0.15) is 25.7 Å². The molecule has 19 heavy (non-hydrogen) atoms. The van der Waals surface area contributed by atoms with E-state index in [0.717, 1.165) is 38.9 Å². The maximum absolute atomic E-state index is 12.2. The summed E-state index contributed by atoms with van der Waals surface area (Å²) in [5.74, 6) is 0.738. The molecule has 2 rings (SSSR count). The Morgan fingerprint density at radius 3 is 2.74 bits per heavy atom. The van der Waals surface area contributed by atoms with E-state index in [1.54, 1.807) is 0 Å². The summed E-state index contributed by atoms with van der Waals surface area (Å²) >= 11 is 0. The molecule has 0 aromatic heterocycles. The summed E-state index contributed by atoms with van der Waals surface area (Å²) in [6.07, 6.45) is 3.21. The van der Waals surface area contributed by atoms with Crippen LogP contribution in [0.25, 0.3) is 0 Å². The quantitative estimate of drug-likeness (QED) is 0.775. The predicted octanol–water partition coefficient (Wildman–Crippen LogP) is 0.333. The molecule has 2 saturated heterocycles. The average molecular weight is 269 g/mol. The fraction of sp³-hybridized carbons (Fsp3) is 0.846. The molecule has 0 aromatic carbocycles. The minimum Gasteiger partial charge on any atom is -0.453 e. The Labute approximate surface area is 113 Å². The minimum atomic E-state index is -0.419. The summed E-state index contributed by atoms with van der Waals surface area (Å²) in [5, 5.41) is 6.06. The Morgan fingerprint density at radius 2 is 2.05 bits per heavy atom. The van der Waals surface area contributed by atoms with Crippen molar-refractivity contribution in [3.05, 3.63) is 0 Å². The summed E-state index contributed by atoms with van der Waals surface area (Å²) in [6, 6.07) is 0.0319. The molecular formula is C13H23N3O3. The molecular weight excluding hydrogens is 246 g/mol. The first-order valence-electron chi connectivity index (χ1n) is 7.02. The van der Waals surface area contributed by atoms with Crippen LogP contribution in [0.3, 0.4) is 0 Å². The number of methoxy groups -OCH3 is 1. The molecule has 108 valence electrons. The Balaban J connectivity index is 1.73. The molecule has 0 saturated carbocycles. The van der Waals surface area contributed by atoms with E-state index in [0.29, 0.717) is 18.9 Å². The van der Waals surface area contributed by atoms with E-state index in [4.69, 9.17) is 0 Å². The van der Waals surface area contributed by atoms with E-state index in [9.17, 15) is 9.59 Å². The van der Waals surface area contributed by atoms with Gasteiger partial charge in [-0.3, -0.25) is 4.79 Å². The normalized spacial score (nSPS) is 24.3. The van der Waals surface area contributed by atoms with E-state index in [1.807, 2.05) is 4.90 Å². The first-order chi connectivity index (χ1) is 9.19. The third-order valence-corrected chi connectivity index (χ3v) is 3.97. The van der Waals surface area contributed by atoms with Gasteiger partial charge in [-0.1, -0.05) is 0 Å². The first-order valence-corrected chi connectivity index (χ1v) is 7.02. The van der Waals surface area contributed by atoms with Crippen LogP contribution in [0, 0.1) is 5.92 Å². The highest BCUT2D eigenvalue weighted by Crippen LogP contribution is 2.19. The van der Waals surface area contributed by atoms with Gasteiger partial charge in [-0.2, -0.15) is 0 Å². The van der Waals surface area contributed by atoms with Gasteiger partial charge < -0.3 is 20.3 Å². The lowest BCUT2D eigenvalue weighted by Crippen LogP contribution is -2.39. The van der Waals surface area contributed by atoms with Crippen molar-refractivity contribution in [2.75, 3.05) is 33.3 Å². The van der Waals surface area contributed by atoms with Gasteiger partial charge in [0.05, 0.1) is 13.2 Å². The zero-order valence-corrected chi connectivity index (χ0v) is 11.5. The van der Waals surface area contributed by atoms with Crippen molar-refractivity contribution in [1.82, 2.24) is 15.5 Å². The number of likely N-dealkylation sites (tertiary alicyclic amines) is 1. The molecule has 1 atom stereocenters. The van der Waals surface area contributed by atoms with Crippen LogP contribution >= 0.6 is 0 Å². The number of rotatable bonds is 3. The van der Waals surface area contributed by atoms with Gasteiger partial charge >= 0.3 is 6.09 Å². The number of carbonyl (C=O) groups is 2. The van der Waals surface area contributed by atoms with Gasteiger partial charge in [0.25, 0.3) is 0 Å². The maximum atomic E-state index is 12.2. The zero-order valence-electron chi connectivity index (χ0n) is 11.5. The first kappa shape index (κ1) is 14.1. The molecule has 6 heteroatoms. The van der Waals surface area contributed by atoms with E-state index in [-0.39, 0.29) is 11.9 Å². The number of ether oxygens (including phenoxy) is 1. The maximum Gasteiger partial charge on any atom is 0.407 e. The number of hydrogen-bond acceptors (Lipinski definition) is 4. The van der Waals surface area contributed by atoms with E-state index >= 15 is 0 Å². The molecule has 2 amide bonds. The van der Waals surface area contributed by atoms with Crippen molar-refractivity contribution in [3.8, 4) is 0 Å². The standard InChI is InChI=1S/C13H23N3O3/c1-19-13(18)15-11-4-7-16(9-11)12(17)8-10-2-5-14-6-3-10/h10-11,14H,2-9H2,1H3,(H,15,18). The Morgan fingerprint density at radius 1 is 1.32 bits per heavy atom. The van der Waals surface area contributed by atoms with Crippen molar-refractivity contribution < 1.29 is 14.3 Å². The smallest absolute Gasteiger partial charge is 0.407 e. The molecule has 2 aliphatic rings. The van der Waals surface area contributed by atoms with Gasteiger partial charge in [0.15, 0.2) is 0 Å². The van der Waals surface area contributed by atoms with Crippen molar-refractivity contribution >= 4 is 12.0 Å². The molecule has 0 radical (unpaired) electrons. The fourth-order valence-corrected chi connectivity index (χ4v) is 2.79. The van der Waals surface area contributed by atoms with Crippen molar-refractivity contribution in [3.63, 3.8) is 0 Å². The monoisotopic (exact) mass is 269 g/mol. The van der Waals surface area contributed by atoms with Crippen LogP contribution < -0.4 is 10.6 Å². The van der Waals surface area contributed by atoms with Crippen LogP contribution in [0.4, 0.5) is 4.79 Å². The Kier molecular flexibility index (Phi) is 5.01. The second-order valence-corrected chi connectivity index (χ2v) is 5.36. The summed E-state index contributed by atoms with van der Waals surface area (Å²) in [4.78, 5) is 25.2. The van der Waals surface area contributed by atoms with Crippen LogP contribution in [0.2, 0.25) is 0 Å². The SMILES string of the molecule is COC(=O)NC1CCN(C(=O)CC2CCNCC2)C1. The fourth-order valence-electron chi connectivity index (χ4n) is 2.79. The van der Waals surface area contributed by atoms with E-state index < -0.39 is 6.09 Å². The zero-order chi connectivity index (χ0) is 13.7. The van der Waals surface area contributed by atoms with Crippen molar-refractivity contribution in [1.29, 1.82) is 0 Å². The number of amides is 2. The molecule has 6 nitrogen and oxygen atoms in total. The molecule has 0 aromatic rings. The number of nitrogens with zero attached hydrogens (tertiary/aromatic N) is 1. The highest BCUT2D eigenvalue weighted by molar-refractivity contribution is 5.77. The van der Waals surface area contributed by atoms with Gasteiger partial charge in [0.2, 0.25) is 5.91 Å². The van der Waals surface area contributed by atoms with Crippen LogP contribution in [-0.4, -0.2) is 56.2 Å². The number of piperidine rings is 1. The van der Waals surface area contributed by atoms with E-state index in [1.165, 1.54) is 7.11 Å². The third-order valence-electron chi connectivity index (χ3n) is 3.97. The van der Waals surface area contributed by atoms with Crippen LogP contribution in [-0.2, 0) is 9.53 Å². The number of hydrogen-bond donors (Lipinski definition) is 2. The van der Waals surface area contributed by atoms with Crippen molar-refractivity contribution in [2.45, 2.75) is 31.7 Å². The highest BCUT2D eigenvalue weighted by atomic mass is 16.5. The average Bonchev–Trinajstić information content (AvgIpc) is 2.88. The lowest BCUT2D eigenvalue weighted by atomic mass is 9.94. The third kappa shape index (κ3) is 4.09. The van der Waals surface area contributed by atoms with Crippen molar-refractivity contribution in [2.24, 2.45) is 5.92 Å². The second-order valence-electron chi connectivity index (χ2n) is 5.36. The summed E-state index contributed by atoms with van der Waals surface area (Å²) in [7, 11) is 1.35. The van der Waals surface area contributed by atoms with Crippen LogP contribution in [0.15, 0.2) is 0 Å². The number of alkyl carbamates (subject to hydrolysis) is 1. The number of carbonyl (C=O) groups excluding carboxylic acids is 2. The summed E-state index contributed by atoms with van der Waals surface area (Å²) in [6.45, 7) is 3.38. The number of nitrogens with one attached hydrogen (secondary N) is 2. The molecule has 0 aliphatic carbocycles. The van der Waals surface area contributed by atoms with Crippen LogP contribution in [0.5, 0.6) is 0 Å². The summed E-state index contributed by atoms with van der Waals surface area (Å²) < 4.78 is 4.57. The van der Waals surface area contributed by atoms with Gasteiger partial charge in [-0.15, -0.1) is 0 Å². The second kappa shape index (κ2) is 6.75. The Bertz CT molecular complexity index is 329. The molecule has 2 heterocycles. The lowest BCUT2D eigenvalue weighted by Gasteiger charge is -2.24. The minimum absolute atomic E-state index is 0.0319. The molecule has 0 spiro atoms. The Hall–Kier alpha value is -1.30. The topological polar surface area (TPSA) is 70.7 Å². The predicted molar refractivity (Wildman–Crippen MR) is 70.7 cm³/mol.